The van der Waals surface area contributed by atoms with Crippen LogP contribution in [-0.2, 0) is 11.2 Å². The standard InChI is InChI=1S/C13H14N2O/c16-13-8-11-7-10(1-2-12(11)15-13)9-3-5-14-6-4-9/h1-3,7,14H,4-6,8H2,(H,15,16). The minimum absolute atomic E-state index is 0.103. The maximum Gasteiger partial charge on any atom is 0.228 e. The van der Waals surface area contributed by atoms with Gasteiger partial charge in [0.25, 0.3) is 0 Å². The Morgan fingerprint density at radius 3 is 3.00 bits per heavy atom. The van der Waals surface area contributed by atoms with Gasteiger partial charge >= 0.3 is 0 Å². The maximum atomic E-state index is 11.3. The molecule has 2 aliphatic heterocycles. The molecule has 3 heteroatoms. The molecule has 2 N–H and O–H groups in total. The largest absolute Gasteiger partial charge is 0.326 e. The van der Waals surface area contributed by atoms with Crippen molar-refractivity contribution >= 4 is 17.2 Å². The second-order valence-corrected chi connectivity index (χ2v) is 4.28. The minimum Gasteiger partial charge on any atom is -0.326 e. The summed E-state index contributed by atoms with van der Waals surface area (Å²) in [4.78, 5) is 11.3. The summed E-state index contributed by atoms with van der Waals surface area (Å²) < 4.78 is 0. The molecule has 1 aromatic rings. The molecule has 0 aromatic heterocycles. The number of nitrogens with one attached hydrogen (secondary N) is 2. The summed E-state index contributed by atoms with van der Waals surface area (Å²) in [5.74, 6) is 0.103. The van der Waals surface area contributed by atoms with Crippen molar-refractivity contribution in [1.82, 2.24) is 5.32 Å². The lowest BCUT2D eigenvalue weighted by Crippen LogP contribution is -2.20. The number of carbonyl (C=O) groups excluding carboxylic acids is 1. The molecule has 0 atom stereocenters. The van der Waals surface area contributed by atoms with Crippen molar-refractivity contribution in [1.29, 1.82) is 0 Å². The van der Waals surface area contributed by atoms with E-state index < -0.39 is 0 Å². The number of amides is 1. The first-order chi connectivity index (χ1) is 7.83. The van der Waals surface area contributed by atoms with Gasteiger partial charge in [0, 0.05) is 12.2 Å². The Morgan fingerprint density at radius 2 is 2.19 bits per heavy atom. The van der Waals surface area contributed by atoms with Crippen LogP contribution in [0, 0.1) is 0 Å². The summed E-state index contributed by atoms with van der Waals surface area (Å²) in [5, 5.41) is 6.16. The Morgan fingerprint density at radius 1 is 1.25 bits per heavy atom. The van der Waals surface area contributed by atoms with Gasteiger partial charge in [-0.15, -0.1) is 0 Å². The van der Waals surface area contributed by atoms with Crippen LogP contribution in [0.1, 0.15) is 17.5 Å². The van der Waals surface area contributed by atoms with Crippen molar-refractivity contribution in [2.24, 2.45) is 0 Å². The highest BCUT2D eigenvalue weighted by Gasteiger charge is 2.18. The molecule has 0 radical (unpaired) electrons. The Bertz CT molecular complexity index is 477. The predicted molar refractivity (Wildman–Crippen MR) is 64.2 cm³/mol. The smallest absolute Gasteiger partial charge is 0.228 e. The summed E-state index contributed by atoms with van der Waals surface area (Å²) >= 11 is 0. The second kappa shape index (κ2) is 3.76. The zero-order chi connectivity index (χ0) is 11.0. The van der Waals surface area contributed by atoms with E-state index in [1.807, 2.05) is 6.07 Å². The van der Waals surface area contributed by atoms with Gasteiger partial charge in [-0.25, -0.2) is 0 Å². The molecule has 3 rings (SSSR count). The van der Waals surface area contributed by atoms with E-state index in [9.17, 15) is 4.79 Å². The van der Waals surface area contributed by atoms with Gasteiger partial charge in [0.05, 0.1) is 6.42 Å². The Balaban J connectivity index is 1.95. The monoisotopic (exact) mass is 214 g/mol. The third-order valence-electron chi connectivity index (χ3n) is 3.17. The molecule has 0 spiro atoms. The van der Waals surface area contributed by atoms with Crippen LogP contribution in [0.4, 0.5) is 5.69 Å². The topological polar surface area (TPSA) is 41.1 Å². The minimum atomic E-state index is 0.103. The average Bonchev–Trinajstić information content (AvgIpc) is 2.69. The molecule has 0 saturated heterocycles. The lowest BCUT2D eigenvalue weighted by atomic mass is 9.97. The fraction of sp³-hybridized carbons (Fsp3) is 0.308. The zero-order valence-electron chi connectivity index (χ0n) is 9.05. The predicted octanol–water partition coefficient (Wildman–Crippen LogP) is 1.56. The molecule has 1 aromatic carbocycles. The zero-order valence-corrected chi connectivity index (χ0v) is 9.05. The van der Waals surface area contributed by atoms with Crippen LogP contribution in [0.5, 0.6) is 0 Å². The molecule has 0 unspecified atom stereocenters. The SMILES string of the molecule is O=C1Cc2cc(C3=CCNCC3)ccc2N1. The normalized spacial score (nSPS) is 19.0. The van der Waals surface area contributed by atoms with E-state index in [0.717, 1.165) is 30.8 Å². The molecule has 2 aliphatic rings. The van der Waals surface area contributed by atoms with E-state index >= 15 is 0 Å². The molecule has 0 saturated carbocycles. The van der Waals surface area contributed by atoms with Crippen molar-refractivity contribution in [3.63, 3.8) is 0 Å². The molecule has 2 heterocycles. The Labute approximate surface area is 94.5 Å². The summed E-state index contributed by atoms with van der Waals surface area (Å²) in [7, 11) is 0. The first kappa shape index (κ1) is 9.60. The number of fused-ring (bicyclic) bond motifs is 1. The molecule has 82 valence electrons. The van der Waals surface area contributed by atoms with Gasteiger partial charge in [0.2, 0.25) is 5.91 Å². The van der Waals surface area contributed by atoms with Crippen molar-refractivity contribution in [2.45, 2.75) is 12.8 Å². The summed E-state index contributed by atoms with van der Waals surface area (Å²) in [5.41, 5.74) is 4.75. The fourth-order valence-corrected chi connectivity index (χ4v) is 2.31. The lowest BCUT2D eigenvalue weighted by molar-refractivity contribution is -0.115. The highest BCUT2D eigenvalue weighted by molar-refractivity contribution is 5.99. The van der Waals surface area contributed by atoms with Crippen molar-refractivity contribution in [3.8, 4) is 0 Å². The van der Waals surface area contributed by atoms with Gasteiger partial charge in [-0.05, 0) is 41.8 Å². The molecular formula is C13H14N2O. The number of hydrogen-bond donors (Lipinski definition) is 2. The van der Waals surface area contributed by atoms with E-state index in [0.29, 0.717) is 6.42 Å². The lowest BCUT2D eigenvalue weighted by Gasteiger charge is -2.14. The van der Waals surface area contributed by atoms with Crippen molar-refractivity contribution in [3.05, 3.63) is 35.4 Å². The van der Waals surface area contributed by atoms with Crippen LogP contribution in [0.25, 0.3) is 5.57 Å². The van der Waals surface area contributed by atoms with E-state index in [4.69, 9.17) is 0 Å². The first-order valence-corrected chi connectivity index (χ1v) is 5.66. The van der Waals surface area contributed by atoms with Crippen LogP contribution in [0.2, 0.25) is 0 Å². The molecular weight excluding hydrogens is 200 g/mol. The highest BCUT2D eigenvalue weighted by atomic mass is 16.1. The first-order valence-electron chi connectivity index (χ1n) is 5.66. The van der Waals surface area contributed by atoms with Gasteiger partial charge < -0.3 is 10.6 Å². The molecule has 0 fully saturated rings. The van der Waals surface area contributed by atoms with Crippen molar-refractivity contribution in [2.75, 3.05) is 18.4 Å². The Hall–Kier alpha value is -1.61. The van der Waals surface area contributed by atoms with Gasteiger partial charge in [0.15, 0.2) is 0 Å². The molecule has 16 heavy (non-hydrogen) atoms. The van der Waals surface area contributed by atoms with Crippen LogP contribution < -0.4 is 10.6 Å². The Kier molecular flexibility index (Phi) is 2.26. The summed E-state index contributed by atoms with van der Waals surface area (Å²) in [6.07, 6.45) is 3.82. The number of carbonyl (C=O) groups is 1. The average molecular weight is 214 g/mol. The van der Waals surface area contributed by atoms with Gasteiger partial charge in [-0.3, -0.25) is 4.79 Å². The number of hydrogen-bond acceptors (Lipinski definition) is 2. The fourth-order valence-electron chi connectivity index (χ4n) is 2.31. The van der Waals surface area contributed by atoms with Crippen molar-refractivity contribution < 1.29 is 4.79 Å². The number of benzene rings is 1. The van der Waals surface area contributed by atoms with Crippen LogP contribution >= 0.6 is 0 Å². The summed E-state index contributed by atoms with van der Waals surface area (Å²) in [6.45, 7) is 1.99. The van der Waals surface area contributed by atoms with E-state index in [1.165, 1.54) is 11.1 Å². The molecule has 1 amide bonds. The quantitative estimate of drug-likeness (QED) is 0.745. The highest BCUT2D eigenvalue weighted by Crippen LogP contribution is 2.28. The molecule has 0 bridgehead atoms. The van der Waals surface area contributed by atoms with E-state index in [-0.39, 0.29) is 5.91 Å². The third-order valence-corrected chi connectivity index (χ3v) is 3.17. The van der Waals surface area contributed by atoms with Gasteiger partial charge in [-0.1, -0.05) is 12.1 Å². The second-order valence-electron chi connectivity index (χ2n) is 4.28. The number of rotatable bonds is 1. The number of anilines is 1. The molecule has 3 nitrogen and oxygen atoms in total. The third kappa shape index (κ3) is 1.63. The van der Waals surface area contributed by atoms with Crippen LogP contribution in [-0.4, -0.2) is 19.0 Å². The van der Waals surface area contributed by atoms with Gasteiger partial charge in [-0.2, -0.15) is 0 Å². The maximum absolute atomic E-state index is 11.3. The summed E-state index contributed by atoms with van der Waals surface area (Å²) in [6, 6.07) is 6.25. The van der Waals surface area contributed by atoms with Gasteiger partial charge in [0.1, 0.15) is 0 Å². The molecule has 0 aliphatic carbocycles. The van der Waals surface area contributed by atoms with Crippen LogP contribution in [0.15, 0.2) is 24.3 Å². The van der Waals surface area contributed by atoms with Crippen LogP contribution in [0.3, 0.4) is 0 Å². The van der Waals surface area contributed by atoms with E-state index in [1.54, 1.807) is 0 Å². The van der Waals surface area contributed by atoms with E-state index in [2.05, 4.69) is 28.8 Å².